The average Bonchev–Trinajstić information content (AvgIpc) is 2.46. The smallest absolute Gasteiger partial charge is 0.134 e. The molecule has 4 nitrogen and oxygen atoms in total. The van der Waals surface area contributed by atoms with Gasteiger partial charge in [-0.1, -0.05) is 19.1 Å². The molecule has 0 aliphatic carbocycles. The maximum absolute atomic E-state index is 12.8. The van der Waals surface area contributed by atoms with E-state index < -0.39 is 0 Å². The molecule has 0 unspecified atom stereocenters. The number of anilines is 2. The van der Waals surface area contributed by atoms with Crippen LogP contribution in [-0.4, -0.2) is 16.5 Å². The van der Waals surface area contributed by atoms with Crippen LogP contribution in [0.15, 0.2) is 24.3 Å². The highest BCUT2D eigenvalue weighted by molar-refractivity contribution is 5.54. The minimum absolute atomic E-state index is 0.213. The van der Waals surface area contributed by atoms with Crippen LogP contribution < -0.4 is 11.1 Å². The summed E-state index contributed by atoms with van der Waals surface area (Å²) >= 11 is 0. The highest BCUT2D eigenvalue weighted by Crippen LogP contribution is 2.18. The molecule has 0 amide bonds. The number of benzene rings is 1. The molecule has 2 aromatic rings. The summed E-state index contributed by atoms with van der Waals surface area (Å²) in [7, 11) is 0. The number of nitrogen functional groups attached to an aromatic ring is 1. The Kier molecular flexibility index (Phi) is 5.09. The summed E-state index contributed by atoms with van der Waals surface area (Å²) < 4.78 is 12.8. The molecular formula is C16H21FN4. The first-order chi connectivity index (χ1) is 10.1. The summed E-state index contributed by atoms with van der Waals surface area (Å²) in [5, 5.41) is 3.29. The van der Waals surface area contributed by atoms with Gasteiger partial charge in [-0.3, -0.25) is 0 Å². The normalized spacial score (nSPS) is 10.6. The highest BCUT2D eigenvalue weighted by Gasteiger charge is 2.08. The molecule has 0 saturated heterocycles. The largest absolute Gasteiger partial charge is 0.383 e. The molecule has 1 heterocycles. The van der Waals surface area contributed by atoms with Crippen molar-refractivity contribution in [1.29, 1.82) is 0 Å². The van der Waals surface area contributed by atoms with Crippen LogP contribution in [-0.2, 0) is 12.8 Å². The van der Waals surface area contributed by atoms with Crippen molar-refractivity contribution in [3.05, 3.63) is 47.0 Å². The Bertz CT molecular complexity index is 596. The van der Waals surface area contributed by atoms with Gasteiger partial charge in [0.15, 0.2) is 0 Å². The number of nitrogens with two attached hydrogens (primary N) is 1. The monoisotopic (exact) mass is 288 g/mol. The van der Waals surface area contributed by atoms with Crippen molar-refractivity contribution >= 4 is 11.6 Å². The molecule has 0 atom stereocenters. The number of aromatic nitrogens is 2. The second-order valence-corrected chi connectivity index (χ2v) is 5.05. The third-order valence-electron chi connectivity index (χ3n) is 3.32. The highest BCUT2D eigenvalue weighted by atomic mass is 19.1. The maximum atomic E-state index is 12.8. The number of nitrogens with one attached hydrogen (secondary N) is 1. The Morgan fingerprint density at radius 3 is 2.52 bits per heavy atom. The van der Waals surface area contributed by atoms with Crippen LogP contribution in [0.25, 0.3) is 0 Å². The van der Waals surface area contributed by atoms with Gasteiger partial charge in [0, 0.05) is 18.5 Å². The molecule has 112 valence electrons. The molecule has 0 bridgehead atoms. The van der Waals surface area contributed by atoms with E-state index in [1.807, 2.05) is 6.92 Å². The van der Waals surface area contributed by atoms with E-state index in [0.29, 0.717) is 12.4 Å². The van der Waals surface area contributed by atoms with E-state index in [0.717, 1.165) is 42.0 Å². The molecule has 0 radical (unpaired) electrons. The van der Waals surface area contributed by atoms with Gasteiger partial charge in [0.05, 0.1) is 0 Å². The van der Waals surface area contributed by atoms with Crippen LogP contribution >= 0.6 is 0 Å². The van der Waals surface area contributed by atoms with Crippen molar-refractivity contribution in [2.45, 2.75) is 33.1 Å². The number of hydrogen-bond donors (Lipinski definition) is 2. The Labute approximate surface area is 124 Å². The number of rotatable bonds is 6. The summed E-state index contributed by atoms with van der Waals surface area (Å²) in [5.74, 6) is 1.87. The second-order valence-electron chi connectivity index (χ2n) is 5.05. The van der Waals surface area contributed by atoms with E-state index in [2.05, 4.69) is 22.2 Å². The van der Waals surface area contributed by atoms with Crippen LogP contribution in [0.2, 0.25) is 0 Å². The quantitative estimate of drug-likeness (QED) is 0.857. The zero-order valence-corrected chi connectivity index (χ0v) is 12.5. The lowest BCUT2D eigenvalue weighted by molar-refractivity contribution is 0.627. The van der Waals surface area contributed by atoms with E-state index in [1.54, 1.807) is 12.1 Å². The maximum Gasteiger partial charge on any atom is 0.134 e. The Hall–Kier alpha value is -2.17. The fraction of sp³-hybridized carbons (Fsp3) is 0.375. The fourth-order valence-corrected chi connectivity index (χ4v) is 2.07. The SMILES string of the molecule is CCCc1nc(N)c(C)c(NCCc2ccc(F)cc2)n1. The minimum atomic E-state index is -0.213. The van der Waals surface area contributed by atoms with E-state index in [-0.39, 0.29) is 5.82 Å². The standard InChI is InChI=1S/C16H21FN4/c1-3-4-14-20-15(18)11(2)16(21-14)19-10-9-12-5-7-13(17)8-6-12/h5-8H,3-4,9-10H2,1-2H3,(H3,18,19,20,21). The summed E-state index contributed by atoms with van der Waals surface area (Å²) in [6, 6.07) is 6.53. The molecule has 5 heteroatoms. The van der Waals surface area contributed by atoms with Crippen LogP contribution in [0.1, 0.15) is 30.3 Å². The fourth-order valence-electron chi connectivity index (χ4n) is 2.07. The van der Waals surface area contributed by atoms with Gasteiger partial charge in [-0.25, -0.2) is 14.4 Å². The van der Waals surface area contributed by atoms with E-state index in [9.17, 15) is 4.39 Å². The summed E-state index contributed by atoms with van der Waals surface area (Å²) in [4.78, 5) is 8.79. The summed E-state index contributed by atoms with van der Waals surface area (Å²) in [5.41, 5.74) is 7.87. The zero-order valence-electron chi connectivity index (χ0n) is 12.5. The number of aryl methyl sites for hydroxylation is 1. The van der Waals surface area contributed by atoms with Crippen molar-refractivity contribution < 1.29 is 4.39 Å². The molecule has 2 rings (SSSR count). The third-order valence-corrected chi connectivity index (χ3v) is 3.32. The summed E-state index contributed by atoms with van der Waals surface area (Å²) in [6.07, 6.45) is 2.60. The van der Waals surface area contributed by atoms with Crippen molar-refractivity contribution in [3.63, 3.8) is 0 Å². The van der Waals surface area contributed by atoms with Crippen LogP contribution in [0.4, 0.5) is 16.0 Å². The van der Waals surface area contributed by atoms with Gasteiger partial charge >= 0.3 is 0 Å². The van der Waals surface area contributed by atoms with Gasteiger partial charge in [0.2, 0.25) is 0 Å². The van der Waals surface area contributed by atoms with Gasteiger partial charge in [-0.2, -0.15) is 0 Å². The van der Waals surface area contributed by atoms with E-state index in [1.165, 1.54) is 12.1 Å². The number of nitrogens with zero attached hydrogens (tertiary/aromatic N) is 2. The van der Waals surface area contributed by atoms with Gasteiger partial charge < -0.3 is 11.1 Å². The Morgan fingerprint density at radius 1 is 1.14 bits per heavy atom. The molecule has 3 N–H and O–H groups in total. The first kappa shape index (κ1) is 15.2. The lowest BCUT2D eigenvalue weighted by atomic mass is 10.1. The van der Waals surface area contributed by atoms with E-state index in [4.69, 9.17) is 5.73 Å². The molecule has 1 aromatic carbocycles. The molecule has 1 aromatic heterocycles. The molecule has 0 spiro atoms. The molecule has 21 heavy (non-hydrogen) atoms. The predicted octanol–water partition coefficient (Wildman–Crippen LogP) is 3.11. The first-order valence-corrected chi connectivity index (χ1v) is 7.21. The van der Waals surface area contributed by atoms with Crippen LogP contribution in [0, 0.1) is 12.7 Å². The number of hydrogen-bond acceptors (Lipinski definition) is 4. The Balaban J connectivity index is 2.00. The lowest BCUT2D eigenvalue weighted by Gasteiger charge is -2.12. The third kappa shape index (κ3) is 4.15. The van der Waals surface area contributed by atoms with Gasteiger partial charge in [-0.15, -0.1) is 0 Å². The van der Waals surface area contributed by atoms with Crippen molar-refractivity contribution in [1.82, 2.24) is 9.97 Å². The predicted molar refractivity (Wildman–Crippen MR) is 83.8 cm³/mol. The summed E-state index contributed by atoms with van der Waals surface area (Å²) in [6.45, 7) is 4.71. The molecular weight excluding hydrogens is 267 g/mol. The topological polar surface area (TPSA) is 63.8 Å². The van der Waals surface area contributed by atoms with Crippen molar-refractivity contribution in [2.24, 2.45) is 0 Å². The van der Waals surface area contributed by atoms with Crippen molar-refractivity contribution in [3.8, 4) is 0 Å². The lowest BCUT2D eigenvalue weighted by Crippen LogP contribution is -2.12. The van der Waals surface area contributed by atoms with Gasteiger partial charge in [0.25, 0.3) is 0 Å². The van der Waals surface area contributed by atoms with Crippen LogP contribution in [0.5, 0.6) is 0 Å². The molecule has 0 aliphatic heterocycles. The van der Waals surface area contributed by atoms with Gasteiger partial charge in [-0.05, 0) is 37.5 Å². The van der Waals surface area contributed by atoms with Crippen LogP contribution in [0.3, 0.4) is 0 Å². The Morgan fingerprint density at radius 2 is 1.86 bits per heavy atom. The molecule has 0 fully saturated rings. The minimum Gasteiger partial charge on any atom is -0.383 e. The zero-order chi connectivity index (χ0) is 15.2. The van der Waals surface area contributed by atoms with Gasteiger partial charge in [0.1, 0.15) is 23.3 Å². The number of halogens is 1. The average molecular weight is 288 g/mol. The first-order valence-electron chi connectivity index (χ1n) is 7.21. The molecule has 0 saturated carbocycles. The molecule has 0 aliphatic rings. The van der Waals surface area contributed by atoms with E-state index >= 15 is 0 Å². The van der Waals surface area contributed by atoms with Crippen molar-refractivity contribution in [2.75, 3.05) is 17.6 Å². The second kappa shape index (κ2) is 7.02.